The zero-order valence-electron chi connectivity index (χ0n) is 16.6. The van der Waals surface area contributed by atoms with Gasteiger partial charge in [0.1, 0.15) is 0 Å². The minimum Gasteiger partial charge on any atom is -0.465 e. The summed E-state index contributed by atoms with van der Waals surface area (Å²) < 4.78 is 11.3. The average molecular weight is 350 g/mol. The third kappa shape index (κ3) is 2.63. The molecule has 0 aromatic heterocycles. The van der Waals surface area contributed by atoms with E-state index >= 15 is 0 Å². The molecule has 0 heterocycles. The molecule has 0 amide bonds. The van der Waals surface area contributed by atoms with Gasteiger partial charge in [0.05, 0.1) is 24.0 Å². The van der Waals surface area contributed by atoms with Crippen LogP contribution in [0.4, 0.5) is 0 Å². The van der Waals surface area contributed by atoms with E-state index in [0.717, 1.165) is 19.3 Å². The first-order valence-electron chi connectivity index (χ1n) is 9.84. The summed E-state index contributed by atoms with van der Waals surface area (Å²) in [7, 11) is 0. The molecule has 0 radical (unpaired) electrons. The second-order valence-electron chi connectivity index (χ2n) is 8.15. The van der Waals surface area contributed by atoms with E-state index in [4.69, 9.17) is 9.47 Å². The van der Waals surface area contributed by atoms with Gasteiger partial charge in [0.2, 0.25) is 0 Å². The molecule has 0 aromatic rings. The fourth-order valence-electron chi connectivity index (χ4n) is 5.54. The van der Waals surface area contributed by atoms with Crippen LogP contribution in [0.1, 0.15) is 60.8 Å². The van der Waals surface area contributed by atoms with Crippen LogP contribution in [0.2, 0.25) is 0 Å². The molecular weight excluding hydrogens is 316 g/mol. The van der Waals surface area contributed by atoms with Gasteiger partial charge in [-0.2, -0.15) is 0 Å². The maximum absolute atomic E-state index is 13.4. The van der Waals surface area contributed by atoms with Gasteiger partial charge in [0.25, 0.3) is 0 Å². The Morgan fingerprint density at radius 1 is 0.880 bits per heavy atom. The van der Waals surface area contributed by atoms with Gasteiger partial charge in [-0.05, 0) is 42.9 Å². The lowest BCUT2D eigenvalue weighted by Crippen LogP contribution is -2.61. The smallest absolute Gasteiger partial charge is 0.314 e. The molecular formula is C21H34O4. The Balaban J connectivity index is 2.62. The molecule has 1 fully saturated rings. The lowest BCUT2D eigenvalue weighted by atomic mass is 9.49. The lowest BCUT2D eigenvalue weighted by molar-refractivity contribution is -0.195. The predicted octanol–water partition coefficient (Wildman–Crippen LogP) is 4.38. The van der Waals surface area contributed by atoms with E-state index in [0.29, 0.717) is 13.2 Å². The summed E-state index contributed by atoms with van der Waals surface area (Å²) in [6.45, 7) is 13.0. The molecule has 4 heteroatoms. The second-order valence-corrected chi connectivity index (χ2v) is 8.15. The van der Waals surface area contributed by atoms with Gasteiger partial charge in [-0.25, -0.2) is 0 Å². The number of allylic oxidation sites excluding steroid dienone is 2. The van der Waals surface area contributed by atoms with Gasteiger partial charge >= 0.3 is 11.9 Å². The van der Waals surface area contributed by atoms with Crippen molar-refractivity contribution in [2.45, 2.75) is 60.8 Å². The van der Waals surface area contributed by atoms with Gasteiger partial charge in [-0.15, -0.1) is 0 Å². The normalized spacial score (nSPS) is 33.3. The second kappa shape index (κ2) is 7.51. The molecule has 0 aromatic carbocycles. The van der Waals surface area contributed by atoms with Crippen LogP contribution in [0.25, 0.3) is 0 Å². The first-order valence-corrected chi connectivity index (χ1v) is 9.84. The van der Waals surface area contributed by atoms with E-state index in [9.17, 15) is 9.59 Å². The molecule has 0 saturated heterocycles. The summed E-state index contributed by atoms with van der Waals surface area (Å²) in [5.41, 5.74) is -1.69. The summed E-state index contributed by atoms with van der Waals surface area (Å²) in [5.74, 6) is -0.370. The SMILES string of the molecule is CCCOC(=O)C1(C(C)C)C2C=CC(C2)C1(C(=O)OCCC)C(C)C. The lowest BCUT2D eigenvalue weighted by Gasteiger charge is -2.52. The highest BCUT2D eigenvalue weighted by atomic mass is 16.5. The number of carbonyl (C=O) groups is 2. The monoisotopic (exact) mass is 350 g/mol. The molecule has 2 aliphatic carbocycles. The Labute approximate surface area is 152 Å². The summed E-state index contributed by atoms with van der Waals surface area (Å²) in [4.78, 5) is 26.8. The van der Waals surface area contributed by atoms with Crippen LogP contribution in [0.5, 0.6) is 0 Å². The molecule has 4 atom stereocenters. The molecule has 2 rings (SSSR count). The van der Waals surface area contributed by atoms with Crippen molar-refractivity contribution in [1.29, 1.82) is 0 Å². The van der Waals surface area contributed by atoms with Gasteiger partial charge in [-0.1, -0.05) is 53.7 Å². The number of hydrogen-bond donors (Lipinski definition) is 0. The molecule has 2 aliphatic rings. The van der Waals surface area contributed by atoms with Crippen LogP contribution in [0.15, 0.2) is 12.2 Å². The molecule has 2 bridgehead atoms. The van der Waals surface area contributed by atoms with Crippen molar-refractivity contribution in [3.63, 3.8) is 0 Å². The number of fused-ring (bicyclic) bond motifs is 2. The largest absolute Gasteiger partial charge is 0.465 e. The van der Waals surface area contributed by atoms with Gasteiger partial charge in [-0.3, -0.25) is 9.59 Å². The maximum atomic E-state index is 13.4. The third-order valence-electron chi connectivity index (χ3n) is 6.31. The molecule has 142 valence electrons. The quantitative estimate of drug-likeness (QED) is 0.481. The minimum atomic E-state index is -0.847. The summed E-state index contributed by atoms with van der Waals surface area (Å²) >= 11 is 0. The Morgan fingerprint density at radius 2 is 1.24 bits per heavy atom. The molecule has 1 saturated carbocycles. The number of ether oxygens (including phenoxy) is 2. The van der Waals surface area contributed by atoms with Crippen LogP contribution in [0.3, 0.4) is 0 Å². The van der Waals surface area contributed by atoms with Crippen molar-refractivity contribution >= 4 is 11.9 Å². The molecule has 25 heavy (non-hydrogen) atoms. The predicted molar refractivity (Wildman–Crippen MR) is 97.8 cm³/mol. The van der Waals surface area contributed by atoms with Crippen molar-refractivity contribution in [3.8, 4) is 0 Å². The van der Waals surface area contributed by atoms with Gasteiger partial charge < -0.3 is 9.47 Å². The van der Waals surface area contributed by atoms with Crippen molar-refractivity contribution < 1.29 is 19.1 Å². The molecule has 0 N–H and O–H groups in total. The fourth-order valence-corrected chi connectivity index (χ4v) is 5.54. The maximum Gasteiger partial charge on any atom is 0.314 e. The number of carbonyl (C=O) groups excluding carboxylic acids is 2. The average Bonchev–Trinajstić information content (AvgIpc) is 3.15. The number of hydrogen-bond acceptors (Lipinski definition) is 4. The molecule has 4 nitrogen and oxygen atoms in total. The zero-order valence-corrected chi connectivity index (χ0v) is 16.6. The first-order chi connectivity index (χ1) is 11.8. The van der Waals surface area contributed by atoms with Crippen LogP contribution in [-0.2, 0) is 19.1 Å². The van der Waals surface area contributed by atoms with Gasteiger partial charge in [0, 0.05) is 0 Å². The van der Waals surface area contributed by atoms with Crippen LogP contribution in [-0.4, -0.2) is 25.2 Å². The molecule has 0 spiro atoms. The van der Waals surface area contributed by atoms with Crippen LogP contribution >= 0.6 is 0 Å². The van der Waals surface area contributed by atoms with E-state index in [1.54, 1.807) is 0 Å². The Kier molecular flexibility index (Phi) is 6.01. The van der Waals surface area contributed by atoms with Crippen molar-refractivity contribution in [2.75, 3.05) is 13.2 Å². The summed E-state index contributed by atoms with van der Waals surface area (Å²) in [6, 6.07) is 0. The highest BCUT2D eigenvalue weighted by molar-refractivity contribution is 5.91. The van der Waals surface area contributed by atoms with Crippen molar-refractivity contribution in [2.24, 2.45) is 34.5 Å². The van der Waals surface area contributed by atoms with Gasteiger partial charge in [0.15, 0.2) is 0 Å². The molecule has 4 unspecified atom stereocenters. The van der Waals surface area contributed by atoms with Crippen molar-refractivity contribution in [3.05, 3.63) is 12.2 Å². The summed E-state index contributed by atoms with van der Waals surface area (Å²) in [5, 5.41) is 0. The fraction of sp³-hybridized carbons (Fsp3) is 0.810. The van der Waals surface area contributed by atoms with E-state index in [2.05, 4.69) is 12.2 Å². The highest BCUT2D eigenvalue weighted by Gasteiger charge is 2.76. The van der Waals surface area contributed by atoms with E-state index in [-0.39, 0.29) is 35.6 Å². The number of rotatable bonds is 8. The first kappa shape index (κ1) is 20.0. The van der Waals surface area contributed by atoms with Crippen LogP contribution in [0, 0.1) is 34.5 Å². The van der Waals surface area contributed by atoms with Crippen LogP contribution < -0.4 is 0 Å². The summed E-state index contributed by atoms with van der Waals surface area (Å²) in [6.07, 6.45) is 6.65. The standard InChI is InChI=1S/C21H34O4/c1-7-11-24-18(22)20(14(3)4)16-9-10-17(13-16)21(20,15(5)6)19(23)25-12-8-2/h9-10,14-17H,7-8,11-13H2,1-6H3. The van der Waals surface area contributed by atoms with E-state index in [1.807, 2.05) is 41.5 Å². The molecule has 0 aliphatic heterocycles. The minimum absolute atomic E-state index is 0.00613. The third-order valence-corrected chi connectivity index (χ3v) is 6.31. The van der Waals surface area contributed by atoms with Crippen molar-refractivity contribution in [1.82, 2.24) is 0 Å². The zero-order chi connectivity index (χ0) is 18.8. The Hall–Kier alpha value is -1.32. The number of esters is 2. The Bertz CT molecular complexity index is 490. The topological polar surface area (TPSA) is 52.6 Å². The van der Waals surface area contributed by atoms with E-state index in [1.165, 1.54) is 0 Å². The van der Waals surface area contributed by atoms with E-state index < -0.39 is 10.8 Å². The highest BCUT2D eigenvalue weighted by Crippen LogP contribution is 2.70. The Morgan fingerprint density at radius 3 is 1.52 bits per heavy atom.